The third-order valence-electron chi connectivity index (χ3n) is 6.84. The molecule has 1 saturated carbocycles. The van der Waals surface area contributed by atoms with Crippen molar-refractivity contribution in [1.29, 1.82) is 0 Å². The summed E-state index contributed by atoms with van der Waals surface area (Å²) in [6, 6.07) is 21.2. The average molecular weight is 465 g/mol. The number of imidazole rings is 1. The van der Waals surface area contributed by atoms with Crippen LogP contribution in [-0.2, 0) is 0 Å². The Labute approximate surface area is 201 Å². The van der Waals surface area contributed by atoms with Gasteiger partial charge in [-0.25, -0.2) is 14.8 Å². The molecule has 6 rings (SSSR count). The van der Waals surface area contributed by atoms with E-state index in [1.807, 2.05) is 54.6 Å². The molecule has 2 heterocycles. The lowest BCUT2D eigenvalue weighted by molar-refractivity contribution is 0.0697. The standard InChI is InChI=1S/C28H24N4O3/c33-21-10-8-20(9-11-21)32-26-13-7-19(28(34)35)15-24(26)31-27(32)18-6-12-22-23(14-18)29-16-25(30-22)17-4-2-1-3-5-17/h1-7,12-16,20-21,33H,8-11H2,(H,34,35)/t20-,21-. The van der Waals surface area contributed by atoms with Crippen LogP contribution in [0, 0.1) is 0 Å². The molecule has 0 saturated heterocycles. The first kappa shape index (κ1) is 21.4. The molecule has 1 aliphatic carbocycles. The summed E-state index contributed by atoms with van der Waals surface area (Å²) in [6.45, 7) is 0. The quantitative estimate of drug-likeness (QED) is 0.365. The minimum absolute atomic E-state index is 0.177. The molecule has 0 radical (unpaired) electrons. The van der Waals surface area contributed by atoms with Crippen molar-refractivity contribution in [2.45, 2.75) is 37.8 Å². The van der Waals surface area contributed by atoms with Crippen molar-refractivity contribution < 1.29 is 15.0 Å². The second-order valence-corrected chi connectivity index (χ2v) is 9.10. The van der Waals surface area contributed by atoms with Crippen molar-refractivity contribution in [2.75, 3.05) is 0 Å². The number of hydrogen-bond donors (Lipinski definition) is 2. The normalized spacial score (nSPS) is 18.2. The first-order chi connectivity index (χ1) is 17.1. The number of fused-ring (bicyclic) bond motifs is 2. The van der Waals surface area contributed by atoms with Crippen LogP contribution in [0.5, 0.6) is 0 Å². The van der Waals surface area contributed by atoms with E-state index in [1.165, 1.54) is 0 Å². The predicted octanol–water partition coefficient (Wildman–Crippen LogP) is 5.49. The molecule has 174 valence electrons. The van der Waals surface area contributed by atoms with Crippen LogP contribution in [-0.4, -0.2) is 41.8 Å². The lowest BCUT2D eigenvalue weighted by atomic mass is 9.92. The van der Waals surface area contributed by atoms with Crippen molar-refractivity contribution >= 4 is 28.0 Å². The van der Waals surface area contributed by atoms with Crippen molar-refractivity contribution in [2.24, 2.45) is 0 Å². The molecule has 35 heavy (non-hydrogen) atoms. The number of rotatable bonds is 4. The summed E-state index contributed by atoms with van der Waals surface area (Å²) in [5.41, 5.74) is 6.07. The summed E-state index contributed by atoms with van der Waals surface area (Å²) in [7, 11) is 0. The molecule has 0 aliphatic heterocycles. The molecule has 1 fully saturated rings. The first-order valence-corrected chi connectivity index (χ1v) is 11.8. The molecule has 0 bridgehead atoms. The van der Waals surface area contributed by atoms with E-state index in [0.717, 1.165) is 64.9 Å². The van der Waals surface area contributed by atoms with Crippen molar-refractivity contribution in [1.82, 2.24) is 19.5 Å². The number of nitrogens with zero attached hydrogens (tertiary/aromatic N) is 4. The van der Waals surface area contributed by atoms with Crippen LogP contribution in [0.1, 0.15) is 42.1 Å². The highest BCUT2D eigenvalue weighted by atomic mass is 16.4. The zero-order valence-electron chi connectivity index (χ0n) is 19.0. The Kier molecular flexibility index (Phi) is 5.26. The monoisotopic (exact) mass is 464 g/mol. The molecule has 0 atom stereocenters. The number of hydrogen-bond acceptors (Lipinski definition) is 5. The van der Waals surface area contributed by atoms with E-state index in [0.29, 0.717) is 5.52 Å². The number of aliphatic hydroxyl groups is 1. The second kappa shape index (κ2) is 8.60. The SMILES string of the molecule is O=C(O)c1ccc2c(c1)nc(-c1ccc3nc(-c4ccccc4)cnc3c1)n2[C@H]1CC[C@H](O)CC1. The Balaban J connectivity index is 1.47. The smallest absolute Gasteiger partial charge is 0.335 e. The highest BCUT2D eigenvalue weighted by Gasteiger charge is 2.26. The van der Waals surface area contributed by atoms with Gasteiger partial charge in [-0.2, -0.15) is 0 Å². The number of carboxylic acids is 1. The average Bonchev–Trinajstić information content (AvgIpc) is 3.28. The van der Waals surface area contributed by atoms with E-state index < -0.39 is 5.97 Å². The maximum Gasteiger partial charge on any atom is 0.335 e. The van der Waals surface area contributed by atoms with Gasteiger partial charge in [0.15, 0.2) is 0 Å². The fourth-order valence-corrected chi connectivity index (χ4v) is 5.02. The van der Waals surface area contributed by atoms with Crippen LogP contribution in [0.25, 0.3) is 44.7 Å². The number of aromatic nitrogens is 4. The number of carboxylic acid groups (broad SMARTS) is 1. The van der Waals surface area contributed by atoms with Gasteiger partial charge in [-0.1, -0.05) is 30.3 Å². The maximum atomic E-state index is 11.5. The molecule has 7 nitrogen and oxygen atoms in total. The van der Waals surface area contributed by atoms with Crippen LogP contribution in [0.15, 0.2) is 72.9 Å². The maximum absolute atomic E-state index is 11.5. The topological polar surface area (TPSA) is 101 Å². The van der Waals surface area contributed by atoms with Crippen LogP contribution in [0.3, 0.4) is 0 Å². The van der Waals surface area contributed by atoms with E-state index in [1.54, 1.807) is 18.3 Å². The van der Waals surface area contributed by atoms with Gasteiger partial charge in [0, 0.05) is 17.2 Å². The summed E-state index contributed by atoms with van der Waals surface area (Å²) in [5, 5.41) is 19.5. The summed E-state index contributed by atoms with van der Waals surface area (Å²) in [5.74, 6) is -0.196. The third-order valence-corrected chi connectivity index (χ3v) is 6.84. The molecule has 0 amide bonds. The first-order valence-electron chi connectivity index (χ1n) is 11.8. The van der Waals surface area contributed by atoms with E-state index >= 15 is 0 Å². The van der Waals surface area contributed by atoms with Gasteiger partial charge < -0.3 is 14.8 Å². The third kappa shape index (κ3) is 3.94. The molecule has 0 unspecified atom stereocenters. The molecule has 5 aromatic rings. The van der Waals surface area contributed by atoms with E-state index in [9.17, 15) is 15.0 Å². The molecular weight excluding hydrogens is 440 g/mol. The summed E-state index contributed by atoms with van der Waals surface area (Å²) < 4.78 is 2.21. The Bertz CT molecular complexity index is 1550. The molecule has 7 heteroatoms. The van der Waals surface area contributed by atoms with E-state index in [4.69, 9.17) is 9.97 Å². The zero-order chi connectivity index (χ0) is 23.9. The number of aliphatic hydroxyl groups excluding tert-OH is 1. The fourth-order valence-electron chi connectivity index (χ4n) is 5.02. The van der Waals surface area contributed by atoms with Crippen LogP contribution in [0.2, 0.25) is 0 Å². The summed E-state index contributed by atoms with van der Waals surface area (Å²) in [4.78, 5) is 25.9. The van der Waals surface area contributed by atoms with Gasteiger partial charge in [-0.3, -0.25) is 4.98 Å². The van der Waals surface area contributed by atoms with E-state index in [2.05, 4.69) is 9.55 Å². The van der Waals surface area contributed by atoms with Gasteiger partial charge in [0.1, 0.15) is 5.82 Å². The minimum Gasteiger partial charge on any atom is -0.478 e. The molecule has 1 aliphatic rings. The highest BCUT2D eigenvalue weighted by Crippen LogP contribution is 2.37. The number of benzene rings is 3. The Morgan fingerprint density at radius 1 is 0.829 bits per heavy atom. The highest BCUT2D eigenvalue weighted by molar-refractivity contribution is 5.93. The van der Waals surface area contributed by atoms with Gasteiger partial charge in [-0.05, 0) is 62.1 Å². The molecule has 3 aromatic carbocycles. The summed E-state index contributed by atoms with van der Waals surface area (Å²) >= 11 is 0. The number of aromatic carboxylic acids is 1. The van der Waals surface area contributed by atoms with Gasteiger partial charge in [-0.15, -0.1) is 0 Å². The van der Waals surface area contributed by atoms with E-state index in [-0.39, 0.29) is 17.7 Å². The Hall–Kier alpha value is -4.10. The fraction of sp³-hybridized carbons (Fsp3) is 0.214. The van der Waals surface area contributed by atoms with Crippen molar-refractivity contribution in [3.63, 3.8) is 0 Å². The minimum atomic E-state index is -0.973. The van der Waals surface area contributed by atoms with Crippen molar-refractivity contribution in [3.8, 4) is 22.6 Å². The lowest BCUT2D eigenvalue weighted by Gasteiger charge is -2.28. The predicted molar refractivity (Wildman–Crippen MR) is 134 cm³/mol. The second-order valence-electron chi connectivity index (χ2n) is 9.10. The lowest BCUT2D eigenvalue weighted by Crippen LogP contribution is -2.21. The molecular formula is C28H24N4O3. The van der Waals surface area contributed by atoms with Crippen LogP contribution < -0.4 is 0 Å². The molecule has 2 aromatic heterocycles. The van der Waals surface area contributed by atoms with Crippen molar-refractivity contribution in [3.05, 3.63) is 78.5 Å². The van der Waals surface area contributed by atoms with Gasteiger partial charge in [0.05, 0.1) is 45.6 Å². The van der Waals surface area contributed by atoms with Crippen LogP contribution in [0.4, 0.5) is 0 Å². The largest absolute Gasteiger partial charge is 0.478 e. The Morgan fingerprint density at radius 3 is 2.40 bits per heavy atom. The molecule has 0 spiro atoms. The van der Waals surface area contributed by atoms with Gasteiger partial charge in [0.25, 0.3) is 0 Å². The summed E-state index contributed by atoms with van der Waals surface area (Å²) in [6.07, 6.45) is 4.68. The van der Waals surface area contributed by atoms with Gasteiger partial charge >= 0.3 is 5.97 Å². The van der Waals surface area contributed by atoms with Crippen LogP contribution >= 0.6 is 0 Å². The number of carbonyl (C=O) groups is 1. The van der Waals surface area contributed by atoms with Gasteiger partial charge in [0.2, 0.25) is 0 Å². The Morgan fingerprint density at radius 2 is 1.63 bits per heavy atom. The molecule has 2 N–H and O–H groups in total. The zero-order valence-corrected chi connectivity index (χ0v) is 19.0.